The van der Waals surface area contributed by atoms with Crippen molar-refractivity contribution in [3.05, 3.63) is 107 Å². The fourth-order valence-electron chi connectivity index (χ4n) is 6.25. The molecule has 0 fully saturated rings. The quantitative estimate of drug-likeness (QED) is 0.119. The van der Waals surface area contributed by atoms with Gasteiger partial charge < -0.3 is 29.7 Å². The second-order valence-corrected chi connectivity index (χ2v) is 14.7. The van der Waals surface area contributed by atoms with Crippen molar-refractivity contribution in [2.75, 3.05) is 25.7 Å². The highest BCUT2D eigenvalue weighted by atomic mass is 32.2. The Hall–Kier alpha value is -4.63. The number of hydrogen-bond acceptors (Lipinski definition) is 7. The Labute approximate surface area is 307 Å². The first-order chi connectivity index (χ1) is 24.6. The van der Waals surface area contributed by atoms with E-state index in [4.69, 9.17) is 14.2 Å². The van der Waals surface area contributed by atoms with Gasteiger partial charge in [0.1, 0.15) is 23.1 Å². The van der Waals surface area contributed by atoms with Gasteiger partial charge in [0.15, 0.2) is 0 Å². The number of carbonyl (C=O) groups excluding carboxylic acids is 2. The van der Waals surface area contributed by atoms with E-state index in [1.54, 1.807) is 46.8 Å². The fourth-order valence-corrected chi connectivity index (χ4v) is 7.52. The van der Waals surface area contributed by atoms with Crippen LogP contribution in [0.4, 0.5) is 16.2 Å². The number of unbranched alkanes of at least 4 members (excludes halogenated alkanes) is 3. The first-order valence-corrected chi connectivity index (χ1v) is 18.5. The average Bonchev–Trinajstić information content (AvgIpc) is 3.11. The van der Waals surface area contributed by atoms with Crippen molar-refractivity contribution in [3.8, 4) is 11.5 Å². The van der Waals surface area contributed by atoms with Crippen molar-refractivity contribution < 1.29 is 23.8 Å². The van der Waals surface area contributed by atoms with Crippen LogP contribution in [0.5, 0.6) is 11.5 Å². The summed E-state index contributed by atoms with van der Waals surface area (Å²) in [5.41, 5.74) is 5.67. The molecule has 1 aliphatic rings. The molecular formula is C42H50N3O5S. The van der Waals surface area contributed by atoms with Gasteiger partial charge in [0.05, 0.1) is 25.6 Å². The summed E-state index contributed by atoms with van der Waals surface area (Å²) in [5, 5.41) is 5.93. The summed E-state index contributed by atoms with van der Waals surface area (Å²) in [6.07, 6.45) is 4.91. The molecule has 0 bridgehead atoms. The highest BCUT2D eigenvalue weighted by Gasteiger charge is 2.31. The molecule has 4 aromatic rings. The molecule has 1 radical (unpaired) electrons. The monoisotopic (exact) mass is 708 g/mol. The predicted octanol–water partition coefficient (Wildman–Crippen LogP) is 9.03. The summed E-state index contributed by atoms with van der Waals surface area (Å²) in [4.78, 5) is 31.1. The Balaban J connectivity index is 1.49. The van der Waals surface area contributed by atoms with E-state index in [1.807, 2.05) is 42.5 Å². The molecule has 4 aromatic carbocycles. The van der Waals surface area contributed by atoms with Crippen LogP contribution in [0.2, 0.25) is 0 Å². The van der Waals surface area contributed by atoms with Crippen molar-refractivity contribution in [1.29, 1.82) is 0 Å². The number of nitrogens with zero attached hydrogens (tertiary/aromatic N) is 1. The summed E-state index contributed by atoms with van der Waals surface area (Å²) in [5.74, 6) is 1.03. The van der Waals surface area contributed by atoms with Crippen LogP contribution in [0.25, 0.3) is 0 Å². The van der Waals surface area contributed by atoms with E-state index in [0.717, 1.165) is 64.5 Å². The number of ether oxygens (including phenoxy) is 3. The standard InChI is InChI=1S/C42H50N3O5S/c1-7-8-9-16-23-45-35-21-22-36(49-6)33(28-43-40(46)34(25-30-19-14-11-15-20-30)44-41(47)50-42(2,3)4)39(35)51-37-27-32(48-5)26-31(38(37)45)24-29-17-12-10-13-18-29/h10-15,17-22,26,34H,7-9,16,23-25,28H2,1-6H3,(H,43,46)(H,44,47)/t34-/m0/s1. The van der Waals surface area contributed by atoms with E-state index < -0.39 is 17.7 Å². The maximum absolute atomic E-state index is 13.9. The van der Waals surface area contributed by atoms with Gasteiger partial charge in [-0.25, -0.2) is 4.79 Å². The molecule has 0 aliphatic carbocycles. The molecule has 0 spiro atoms. The van der Waals surface area contributed by atoms with Gasteiger partial charge >= 0.3 is 6.09 Å². The molecule has 2 amide bonds. The van der Waals surface area contributed by atoms with Crippen molar-refractivity contribution in [1.82, 2.24) is 10.6 Å². The molecule has 269 valence electrons. The molecule has 51 heavy (non-hydrogen) atoms. The van der Waals surface area contributed by atoms with Crippen molar-refractivity contribution >= 4 is 35.1 Å². The zero-order valence-corrected chi connectivity index (χ0v) is 31.5. The second-order valence-electron chi connectivity index (χ2n) is 13.7. The zero-order valence-electron chi connectivity index (χ0n) is 30.6. The normalized spacial score (nSPS) is 12.7. The molecule has 8 nitrogen and oxygen atoms in total. The third-order valence-corrected chi connectivity index (χ3v) is 9.82. The molecule has 9 heteroatoms. The lowest BCUT2D eigenvalue weighted by molar-refractivity contribution is -0.123. The van der Waals surface area contributed by atoms with Crippen LogP contribution in [-0.2, 0) is 28.9 Å². The Kier molecular flexibility index (Phi) is 12.9. The lowest BCUT2D eigenvalue weighted by Crippen LogP contribution is -2.49. The van der Waals surface area contributed by atoms with Gasteiger partial charge in [0.25, 0.3) is 0 Å². The van der Waals surface area contributed by atoms with E-state index in [0.29, 0.717) is 17.9 Å². The van der Waals surface area contributed by atoms with Crippen molar-refractivity contribution in [3.63, 3.8) is 0 Å². The van der Waals surface area contributed by atoms with Crippen LogP contribution >= 0.6 is 11.8 Å². The summed E-state index contributed by atoms with van der Waals surface area (Å²) in [6, 6.07) is 29.0. The molecular weight excluding hydrogens is 659 g/mol. The van der Waals surface area contributed by atoms with Crippen LogP contribution in [0.1, 0.15) is 75.6 Å². The third kappa shape index (κ3) is 10.0. The van der Waals surface area contributed by atoms with E-state index in [2.05, 4.69) is 64.9 Å². The molecule has 1 aliphatic heterocycles. The van der Waals surface area contributed by atoms with Crippen LogP contribution < -0.4 is 25.0 Å². The van der Waals surface area contributed by atoms with Gasteiger partial charge in [0, 0.05) is 40.9 Å². The Morgan fingerprint density at radius 1 is 0.902 bits per heavy atom. The largest absolute Gasteiger partial charge is 0.496 e. The highest BCUT2D eigenvalue weighted by molar-refractivity contribution is 7.99. The lowest BCUT2D eigenvalue weighted by atomic mass is 10.0. The maximum atomic E-state index is 13.9. The zero-order chi connectivity index (χ0) is 36.4. The first-order valence-electron chi connectivity index (χ1n) is 17.7. The number of fused-ring (bicyclic) bond motifs is 2. The first kappa shape index (κ1) is 37.6. The number of nitrogens with one attached hydrogen (secondary N) is 2. The Morgan fingerprint density at radius 2 is 1.61 bits per heavy atom. The molecule has 0 saturated carbocycles. The number of alkyl carbamates (subject to hydrolysis) is 1. The van der Waals surface area contributed by atoms with E-state index in [9.17, 15) is 9.59 Å². The minimum Gasteiger partial charge on any atom is -0.496 e. The van der Waals surface area contributed by atoms with Gasteiger partial charge in [-0.05, 0) is 68.5 Å². The smallest absolute Gasteiger partial charge is 0.408 e. The minimum atomic E-state index is -0.852. The van der Waals surface area contributed by atoms with E-state index in [1.165, 1.54) is 17.5 Å². The summed E-state index contributed by atoms with van der Waals surface area (Å²) >= 11 is 1.62. The van der Waals surface area contributed by atoms with Crippen LogP contribution in [0.3, 0.4) is 0 Å². The molecule has 5 rings (SSSR count). The molecule has 0 unspecified atom stereocenters. The summed E-state index contributed by atoms with van der Waals surface area (Å²) in [6.45, 7) is 8.64. The molecule has 1 heterocycles. The fraction of sp³-hybridized carbons (Fsp3) is 0.381. The number of rotatable bonds is 15. The van der Waals surface area contributed by atoms with Gasteiger partial charge in [-0.3, -0.25) is 4.79 Å². The topological polar surface area (TPSA) is 89.1 Å². The van der Waals surface area contributed by atoms with Gasteiger partial charge in [-0.15, -0.1) is 0 Å². The van der Waals surface area contributed by atoms with Crippen molar-refractivity contribution in [2.24, 2.45) is 0 Å². The highest BCUT2D eigenvalue weighted by Crippen LogP contribution is 2.53. The molecule has 2 N–H and O–H groups in total. The number of benzene rings is 4. The Morgan fingerprint density at radius 3 is 2.25 bits per heavy atom. The van der Waals surface area contributed by atoms with E-state index >= 15 is 0 Å². The molecule has 0 saturated heterocycles. The minimum absolute atomic E-state index is 0.194. The predicted molar refractivity (Wildman–Crippen MR) is 204 cm³/mol. The van der Waals surface area contributed by atoms with Gasteiger partial charge in [0.2, 0.25) is 5.91 Å². The summed E-state index contributed by atoms with van der Waals surface area (Å²) in [7, 11) is 3.32. The van der Waals surface area contributed by atoms with Crippen molar-refractivity contribution in [2.45, 2.75) is 94.2 Å². The SMILES string of the molecule is CCCCCCN1c2ccc(OC)c(CNC(=O)[C@H](Cc3ccccc3)NC(=O)OC(C)(C)C)c2Sc2[c]c(OC)cc(Cc3ccccc3)c21. The molecule has 0 aromatic heterocycles. The van der Waals surface area contributed by atoms with E-state index in [-0.39, 0.29) is 12.5 Å². The second kappa shape index (κ2) is 17.5. The number of carbonyl (C=O) groups is 2. The Bertz CT molecular complexity index is 1780. The molecule has 1 atom stereocenters. The lowest BCUT2D eigenvalue weighted by Gasteiger charge is -2.36. The average molecular weight is 709 g/mol. The van der Waals surface area contributed by atoms with Crippen LogP contribution in [-0.4, -0.2) is 44.4 Å². The number of anilines is 2. The number of amides is 2. The van der Waals surface area contributed by atoms with Gasteiger partial charge in [-0.2, -0.15) is 0 Å². The van der Waals surface area contributed by atoms with Crippen LogP contribution in [0, 0.1) is 6.07 Å². The van der Waals surface area contributed by atoms with Gasteiger partial charge in [-0.1, -0.05) is 98.6 Å². The summed E-state index contributed by atoms with van der Waals surface area (Å²) < 4.78 is 17.2. The number of methoxy groups -OCH3 is 2. The van der Waals surface area contributed by atoms with Crippen LogP contribution in [0.15, 0.2) is 88.7 Å². The maximum Gasteiger partial charge on any atom is 0.408 e. The third-order valence-electron chi connectivity index (χ3n) is 8.66. The number of hydrogen-bond donors (Lipinski definition) is 2.